The molecule has 0 spiro atoms. The van der Waals surface area contributed by atoms with Crippen LogP contribution in [0.5, 0.6) is 0 Å². The molecule has 0 amide bonds. The summed E-state index contributed by atoms with van der Waals surface area (Å²) in [5.41, 5.74) is 4.26. The average Bonchev–Trinajstić information content (AvgIpc) is 3.13. The quantitative estimate of drug-likeness (QED) is 0.655. The first-order valence-corrected chi connectivity index (χ1v) is 10.8. The molecule has 4 rings (SSSR count). The number of esters is 1. The molecule has 1 heterocycles. The van der Waals surface area contributed by atoms with E-state index in [9.17, 15) is 9.59 Å². The number of hydrogen-bond donors (Lipinski definition) is 0. The lowest BCUT2D eigenvalue weighted by Gasteiger charge is -2.41. The smallest absolute Gasteiger partial charge is 0.336 e. The molecule has 4 nitrogen and oxygen atoms in total. The molecule has 29 heavy (non-hydrogen) atoms. The molecule has 0 bridgehead atoms. The van der Waals surface area contributed by atoms with Crippen molar-refractivity contribution in [2.45, 2.75) is 78.2 Å². The largest absolute Gasteiger partial charge is 0.459 e. The van der Waals surface area contributed by atoms with Crippen molar-refractivity contribution in [3.8, 4) is 0 Å². The van der Waals surface area contributed by atoms with E-state index in [2.05, 4.69) is 13.8 Å². The maximum absolute atomic E-state index is 13.3. The van der Waals surface area contributed by atoms with E-state index >= 15 is 0 Å². The molecule has 4 heteroatoms. The Balaban J connectivity index is 1.78. The van der Waals surface area contributed by atoms with Gasteiger partial charge in [-0.3, -0.25) is 9.79 Å². The molecule has 0 N–H and O–H groups in total. The van der Waals surface area contributed by atoms with Crippen LogP contribution in [-0.4, -0.2) is 23.6 Å². The number of aryl methyl sites for hydroxylation is 1. The minimum atomic E-state index is -0.361. The van der Waals surface area contributed by atoms with Crippen molar-refractivity contribution < 1.29 is 14.3 Å². The van der Waals surface area contributed by atoms with Crippen molar-refractivity contribution in [1.82, 2.24) is 0 Å². The third-order valence-electron chi connectivity index (χ3n) is 6.60. The second-order valence-electron chi connectivity index (χ2n) is 9.76. The van der Waals surface area contributed by atoms with Crippen molar-refractivity contribution in [2.75, 3.05) is 0 Å². The number of rotatable bonds is 3. The average molecular weight is 394 g/mol. The van der Waals surface area contributed by atoms with Crippen LogP contribution in [0, 0.1) is 18.3 Å². The number of hydrogen-bond acceptors (Lipinski definition) is 4. The van der Waals surface area contributed by atoms with Gasteiger partial charge in [-0.15, -0.1) is 0 Å². The molecular formula is C25H31NO3. The van der Waals surface area contributed by atoms with Crippen molar-refractivity contribution in [2.24, 2.45) is 16.3 Å². The SMILES string of the molecule is CC1=C(C(=O)OC2CCCC2)[C@H](c2ccc(C)cc2)C2C(=O)CC(C)(C)CC2=N1. The zero-order chi connectivity index (χ0) is 20.8. The lowest BCUT2D eigenvalue weighted by atomic mass is 9.63. The Hall–Kier alpha value is -2.23. The van der Waals surface area contributed by atoms with Gasteiger partial charge in [0, 0.05) is 23.7 Å². The van der Waals surface area contributed by atoms with Crippen molar-refractivity contribution in [3.05, 3.63) is 46.7 Å². The topological polar surface area (TPSA) is 55.7 Å². The monoisotopic (exact) mass is 393 g/mol. The fourth-order valence-corrected chi connectivity index (χ4v) is 5.21. The number of fused-ring (bicyclic) bond motifs is 1. The Morgan fingerprint density at radius 2 is 1.69 bits per heavy atom. The molecule has 0 radical (unpaired) electrons. The second kappa shape index (κ2) is 7.55. The zero-order valence-corrected chi connectivity index (χ0v) is 18.0. The van der Waals surface area contributed by atoms with Gasteiger partial charge in [-0.25, -0.2) is 4.79 Å². The van der Waals surface area contributed by atoms with Gasteiger partial charge in [0.15, 0.2) is 0 Å². The van der Waals surface area contributed by atoms with Crippen molar-refractivity contribution in [3.63, 3.8) is 0 Å². The van der Waals surface area contributed by atoms with Gasteiger partial charge in [0.1, 0.15) is 11.9 Å². The first-order chi connectivity index (χ1) is 13.7. The van der Waals surface area contributed by atoms with Gasteiger partial charge in [0.25, 0.3) is 0 Å². The first-order valence-electron chi connectivity index (χ1n) is 10.8. The fourth-order valence-electron chi connectivity index (χ4n) is 5.21. The Labute approximate surface area is 173 Å². The van der Waals surface area contributed by atoms with Crippen LogP contribution >= 0.6 is 0 Å². The van der Waals surface area contributed by atoms with Crippen molar-refractivity contribution >= 4 is 17.5 Å². The zero-order valence-electron chi connectivity index (χ0n) is 18.0. The van der Waals surface area contributed by atoms with Gasteiger partial charge in [0.2, 0.25) is 0 Å². The Kier molecular flexibility index (Phi) is 5.22. The highest BCUT2D eigenvalue weighted by atomic mass is 16.5. The molecule has 2 saturated carbocycles. The Bertz CT molecular complexity index is 885. The molecule has 1 aliphatic heterocycles. The standard InChI is InChI=1S/C25H31NO3/c1-15-9-11-17(12-10-15)22-21(24(28)29-18-7-5-6-8-18)16(2)26-19-13-25(3,4)14-20(27)23(19)22/h9-12,18,22-23H,5-8,13-14H2,1-4H3/t22-,23?/m0/s1. The summed E-state index contributed by atoms with van der Waals surface area (Å²) in [7, 11) is 0. The van der Waals surface area contributed by atoms with Gasteiger partial charge in [0.05, 0.1) is 11.5 Å². The minimum Gasteiger partial charge on any atom is -0.459 e. The van der Waals surface area contributed by atoms with Crippen LogP contribution in [0.4, 0.5) is 0 Å². The van der Waals surface area contributed by atoms with Crippen LogP contribution in [0.1, 0.15) is 76.3 Å². The lowest BCUT2D eigenvalue weighted by molar-refractivity contribution is -0.144. The first kappa shape index (κ1) is 20.1. The van der Waals surface area contributed by atoms with Gasteiger partial charge in [-0.2, -0.15) is 0 Å². The summed E-state index contributed by atoms with van der Waals surface area (Å²) in [6.07, 6.45) is 5.37. The highest BCUT2D eigenvalue weighted by Gasteiger charge is 2.47. The Morgan fingerprint density at radius 3 is 2.34 bits per heavy atom. The summed E-state index contributed by atoms with van der Waals surface area (Å²) in [6, 6.07) is 8.19. The molecule has 0 aromatic heterocycles. The van der Waals surface area contributed by atoms with Crippen molar-refractivity contribution in [1.29, 1.82) is 0 Å². The summed E-state index contributed by atoms with van der Waals surface area (Å²) in [5.74, 6) is -0.772. The number of benzene rings is 1. The van der Waals surface area contributed by atoms with E-state index in [1.807, 2.05) is 38.1 Å². The summed E-state index contributed by atoms with van der Waals surface area (Å²) in [5, 5.41) is 0. The van der Waals surface area contributed by atoms with E-state index in [1.54, 1.807) is 0 Å². The highest BCUT2D eigenvalue weighted by Crippen LogP contribution is 2.47. The molecule has 1 aromatic carbocycles. The van der Waals surface area contributed by atoms with E-state index in [0.29, 0.717) is 17.7 Å². The van der Waals surface area contributed by atoms with Crippen LogP contribution in [0.2, 0.25) is 0 Å². The number of carbonyl (C=O) groups excluding carboxylic acids is 2. The third kappa shape index (κ3) is 3.94. The summed E-state index contributed by atoms with van der Waals surface area (Å²) < 4.78 is 5.88. The maximum atomic E-state index is 13.3. The Morgan fingerprint density at radius 1 is 1.03 bits per heavy atom. The predicted molar refractivity (Wildman–Crippen MR) is 114 cm³/mol. The van der Waals surface area contributed by atoms with Crippen LogP contribution in [0.25, 0.3) is 0 Å². The number of carbonyl (C=O) groups is 2. The summed E-state index contributed by atoms with van der Waals surface area (Å²) in [4.78, 5) is 31.3. The molecule has 154 valence electrons. The third-order valence-corrected chi connectivity index (χ3v) is 6.60. The van der Waals surface area contributed by atoms with Gasteiger partial charge in [-0.1, -0.05) is 43.7 Å². The van der Waals surface area contributed by atoms with E-state index in [4.69, 9.17) is 9.73 Å². The van der Waals surface area contributed by atoms with Crippen LogP contribution in [0.15, 0.2) is 40.5 Å². The molecule has 1 unspecified atom stereocenters. The van der Waals surface area contributed by atoms with E-state index in [0.717, 1.165) is 48.9 Å². The molecule has 1 aromatic rings. The molecule has 2 aliphatic carbocycles. The molecular weight excluding hydrogens is 362 g/mol. The van der Waals surface area contributed by atoms with Gasteiger partial charge in [-0.05, 0) is 56.9 Å². The lowest BCUT2D eigenvalue weighted by Crippen LogP contribution is -2.44. The van der Waals surface area contributed by atoms with E-state index < -0.39 is 0 Å². The van der Waals surface area contributed by atoms with Crippen LogP contribution in [0.3, 0.4) is 0 Å². The number of nitrogens with zero attached hydrogens (tertiary/aromatic N) is 1. The molecule has 3 aliphatic rings. The number of ketones is 1. The fraction of sp³-hybridized carbons (Fsp3) is 0.560. The summed E-state index contributed by atoms with van der Waals surface area (Å²) in [6.45, 7) is 8.17. The summed E-state index contributed by atoms with van der Waals surface area (Å²) >= 11 is 0. The van der Waals surface area contributed by atoms with Gasteiger partial charge < -0.3 is 4.74 Å². The van der Waals surface area contributed by atoms with Gasteiger partial charge >= 0.3 is 5.97 Å². The number of aliphatic imine (C=N–C) groups is 1. The van der Waals surface area contributed by atoms with E-state index in [-0.39, 0.29) is 35.1 Å². The maximum Gasteiger partial charge on any atom is 0.336 e. The molecule has 0 saturated heterocycles. The number of ether oxygens (including phenoxy) is 1. The molecule has 2 atom stereocenters. The highest BCUT2D eigenvalue weighted by molar-refractivity contribution is 6.12. The van der Waals surface area contributed by atoms with Crippen LogP contribution in [-0.2, 0) is 14.3 Å². The van der Waals surface area contributed by atoms with E-state index in [1.165, 1.54) is 0 Å². The number of allylic oxidation sites excluding steroid dienone is 1. The predicted octanol–water partition coefficient (Wildman–Crippen LogP) is 5.30. The normalized spacial score (nSPS) is 26.9. The number of Topliss-reactive ketones (excluding diaryl/α,β-unsaturated/α-hetero) is 1. The minimum absolute atomic E-state index is 0.00663. The second-order valence-corrected chi connectivity index (χ2v) is 9.76. The molecule has 2 fully saturated rings. The van der Waals surface area contributed by atoms with Crippen LogP contribution < -0.4 is 0 Å².